The molecule has 0 fully saturated rings. The maximum absolute atomic E-state index is 10.6. The van der Waals surface area contributed by atoms with Crippen LogP contribution in [-0.4, -0.2) is 26.0 Å². The Morgan fingerprint density at radius 3 is 2.47 bits per heavy atom. The molecule has 1 unspecified atom stereocenters. The van der Waals surface area contributed by atoms with Crippen LogP contribution in [0.1, 0.15) is 45.4 Å². The number of aliphatic hydroxyl groups excluding tert-OH is 1. The number of hydrogen-bond acceptors (Lipinski definition) is 3. The zero-order valence-electron chi connectivity index (χ0n) is 11.8. The van der Waals surface area contributed by atoms with Gasteiger partial charge in [0.1, 0.15) is 12.7 Å². The zero-order valence-corrected chi connectivity index (χ0v) is 11.8. The van der Waals surface area contributed by atoms with Gasteiger partial charge in [-0.15, -0.1) is 13.2 Å². The van der Waals surface area contributed by atoms with Crippen LogP contribution in [0.3, 0.4) is 0 Å². The molecule has 0 amide bonds. The van der Waals surface area contributed by atoms with E-state index in [-0.39, 0.29) is 0 Å². The van der Waals surface area contributed by atoms with E-state index in [9.17, 15) is 5.11 Å². The molecule has 0 spiro atoms. The summed E-state index contributed by atoms with van der Waals surface area (Å²) in [4.78, 5) is 4.00. The van der Waals surface area contributed by atoms with Crippen molar-refractivity contribution < 1.29 is 5.11 Å². The summed E-state index contributed by atoms with van der Waals surface area (Å²) in [5.41, 5.74) is -0.506. The van der Waals surface area contributed by atoms with Gasteiger partial charge in [-0.3, -0.25) is 0 Å². The highest BCUT2D eigenvalue weighted by molar-refractivity contribution is 5.00. The molecule has 1 aromatic rings. The van der Waals surface area contributed by atoms with Crippen LogP contribution in [0.4, 0.5) is 0 Å². The van der Waals surface area contributed by atoms with Gasteiger partial charge in [0.2, 0.25) is 0 Å². The van der Waals surface area contributed by atoms with E-state index in [1.807, 2.05) is 12.2 Å². The number of hydrogen-bond donors (Lipinski definition) is 1. The Balaban J connectivity index is 2.94. The Morgan fingerprint density at radius 1 is 1.32 bits per heavy atom. The Morgan fingerprint density at radius 2 is 2.00 bits per heavy atom. The molecule has 106 valence electrons. The Hall–Kier alpha value is -1.42. The van der Waals surface area contributed by atoms with Gasteiger partial charge in [0.15, 0.2) is 0 Å². The van der Waals surface area contributed by atoms with E-state index < -0.39 is 11.6 Å². The van der Waals surface area contributed by atoms with Crippen molar-refractivity contribution in [2.45, 2.75) is 57.1 Å². The van der Waals surface area contributed by atoms with E-state index >= 15 is 0 Å². The monoisotopic (exact) mass is 263 g/mol. The van der Waals surface area contributed by atoms with Crippen molar-refractivity contribution in [3.63, 3.8) is 0 Å². The van der Waals surface area contributed by atoms with Gasteiger partial charge in [-0.25, -0.2) is 9.67 Å². The molecule has 1 N–H and O–H groups in total. The summed E-state index contributed by atoms with van der Waals surface area (Å²) >= 11 is 0. The zero-order chi connectivity index (χ0) is 14.1. The highest BCUT2D eigenvalue weighted by atomic mass is 16.3. The van der Waals surface area contributed by atoms with E-state index in [1.54, 1.807) is 11.0 Å². The highest BCUT2D eigenvalue weighted by Gasteiger charge is 2.38. The summed E-state index contributed by atoms with van der Waals surface area (Å²) in [7, 11) is 0. The molecular weight excluding hydrogens is 238 g/mol. The fourth-order valence-electron chi connectivity index (χ4n) is 2.49. The fraction of sp³-hybridized carbons (Fsp3) is 0.600. The predicted octanol–water partition coefficient (Wildman–Crippen LogP) is 3.07. The average molecular weight is 263 g/mol. The lowest BCUT2D eigenvalue weighted by molar-refractivity contribution is 0.0190. The summed E-state index contributed by atoms with van der Waals surface area (Å²) in [6.45, 7) is 9.78. The van der Waals surface area contributed by atoms with E-state index in [4.69, 9.17) is 0 Å². The number of nitrogens with zero attached hydrogens (tertiary/aromatic N) is 3. The van der Waals surface area contributed by atoms with Crippen molar-refractivity contribution in [1.82, 2.24) is 14.8 Å². The molecule has 1 rings (SSSR count). The quantitative estimate of drug-likeness (QED) is 0.521. The third kappa shape index (κ3) is 3.77. The standard InChI is InChI=1S/C15H25N3O/c1-4-7-8-9-14(19)15(10-5-2,11-6-3)18-13-16-12-17-18/h5-6,12-14,19H,2-4,7-11H2,1H3. The first-order valence-corrected chi connectivity index (χ1v) is 6.96. The van der Waals surface area contributed by atoms with Gasteiger partial charge in [0, 0.05) is 0 Å². The molecule has 0 aromatic carbocycles. The van der Waals surface area contributed by atoms with Crippen LogP contribution in [0, 0.1) is 0 Å². The third-order valence-corrected chi connectivity index (χ3v) is 3.57. The Bertz CT molecular complexity index is 363. The van der Waals surface area contributed by atoms with Crippen LogP contribution < -0.4 is 0 Å². The fourth-order valence-corrected chi connectivity index (χ4v) is 2.49. The van der Waals surface area contributed by atoms with Crippen molar-refractivity contribution in [3.8, 4) is 0 Å². The first-order valence-electron chi connectivity index (χ1n) is 6.96. The van der Waals surface area contributed by atoms with Crippen molar-refractivity contribution in [1.29, 1.82) is 0 Å². The smallest absolute Gasteiger partial charge is 0.137 e. The van der Waals surface area contributed by atoms with E-state index in [0.717, 1.165) is 25.7 Å². The van der Waals surface area contributed by atoms with Crippen molar-refractivity contribution in [3.05, 3.63) is 38.0 Å². The van der Waals surface area contributed by atoms with Gasteiger partial charge in [-0.05, 0) is 19.3 Å². The van der Waals surface area contributed by atoms with Crippen LogP contribution >= 0.6 is 0 Å². The molecule has 1 aromatic heterocycles. The third-order valence-electron chi connectivity index (χ3n) is 3.57. The second-order valence-electron chi connectivity index (χ2n) is 4.94. The lowest BCUT2D eigenvalue weighted by Crippen LogP contribution is -2.45. The summed E-state index contributed by atoms with van der Waals surface area (Å²) in [6.07, 6.45) is 11.7. The molecule has 0 aliphatic carbocycles. The average Bonchev–Trinajstić information content (AvgIpc) is 2.92. The van der Waals surface area contributed by atoms with Gasteiger partial charge in [0.05, 0.1) is 11.6 Å². The van der Waals surface area contributed by atoms with Crippen LogP contribution in [0.5, 0.6) is 0 Å². The van der Waals surface area contributed by atoms with Crippen molar-refractivity contribution in [2.24, 2.45) is 0 Å². The molecule has 0 radical (unpaired) electrons. The molecular formula is C15H25N3O. The number of aliphatic hydroxyl groups is 1. The molecule has 0 saturated carbocycles. The SMILES string of the molecule is C=CCC(CC=C)(C(O)CCCCC)n1cncn1. The summed E-state index contributed by atoms with van der Waals surface area (Å²) in [5.74, 6) is 0. The van der Waals surface area contributed by atoms with E-state index in [0.29, 0.717) is 12.8 Å². The molecule has 1 heterocycles. The highest BCUT2D eigenvalue weighted by Crippen LogP contribution is 2.32. The van der Waals surface area contributed by atoms with Gasteiger partial charge in [0.25, 0.3) is 0 Å². The molecule has 0 saturated heterocycles. The molecule has 4 heteroatoms. The summed E-state index contributed by atoms with van der Waals surface area (Å²) < 4.78 is 1.76. The van der Waals surface area contributed by atoms with Crippen LogP contribution in [0.2, 0.25) is 0 Å². The lowest BCUT2D eigenvalue weighted by Gasteiger charge is -2.37. The van der Waals surface area contributed by atoms with Crippen molar-refractivity contribution >= 4 is 0 Å². The Kier molecular flexibility index (Phi) is 6.50. The van der Waals surface area contributed by atoms with Gasteiger partial charge in [-0.2, -0.15) is 5.10 Å². The van der Waals surface area contributed by atoms with E-state index in [1.165, 1.54) is 6.33 Å². The number of unbranched alkanes of at least 4 members (excludes halogenated alkanes) is 2. The molecule has 4 nitrogen and oxygen atoms in total. The van der Waals surface area contributed by atoms with Crippen LogP contribution in [0.15, 0.2) is 38.0 Å². The van der Waals surface area contributed by atoms with Gasteiger partial charge in [-0.1, -0.05) is 38.3 Å². The largest absolute Gasteiger partial charge is 0.391 e. The van der Waals surface area contributed by atoms with Crippen molar-refractivity contribution in [2.75, 3.05) is 0 Å². The molecule has 1 atom stereocenters. The minimum Gasteiger partial charge on any atom is -0.391 e. The van der Waals surface area contributed by atoms with Crippen LogP contribution in [-0.2, 0) is 5.54 Å². The maximum Gasteiger partial charge on any atom is 0.137 e. The molecule has 0 aliphatic rings. The molecule has 19 heavy (non-hydrogen) atoms. The minimum absolute atomic E-state index is 0.475. The first kappa shape index (κ1) is 15.6. The Labute approximate surface area is 115 Å². The first-order chi connectivity index (χ1) is 9.21. The summed E-state index contributed by atoms with van der Waals surface area (Å²) in [6, 6.07) is 0. The molecule has 0 aliphatic heterocycles. The number of rotatable bonds is 10. The van der Waals surface area contributed by atoms with Crippen LogP contribution in [0.25, 0.3) is 0 Å². The second-order valence-corrected chi connectivity index (χ2v) is 4.94. The van der Waals surface area contributed by atoms with Gasteiger partial charge >= 0.3 is 0 Å². The summed E-state index contributed by atoms with van der Waals surface area (Å²) in [5, 5.41) is 14.9. The number of allylic oxidation sites excluding steroid dienone is 2. The second kappa shape index (κ2) is 7.89. The van der Waals surface area contributed by atoms with Gasteiger partial charge < -0.3 is 5.11 Å². The number of aromatic nitrogens is 3. The maximum atomic E-state index is 10.6. The lowest BCUT2D eigenvalue weighted by atomic mass is 9.82. The predicted molar refractivity (Wildman–Crippen MR) is 77.8 cm³/mol. The topological polar surface area (TPSA) is 50.9 Å². The minimum atomic E-state index is -0.506. The molecule has 0 bridgehead atoms. The van der Waals surface area contributed by atoms with E-state index in [2.05, 4.69) is 30.2 Å². The normalized spacial score (nSPS) is 13.2.